The van der Waals surface area contributed by atoms with Crippen molar-refractivity contribution in [3.8, 4) is 0 Å². The first-order valence-electron chi connectivity index (χ1n) is 6.19. The van der Waals surface area contributed by atoms with Crippen LogP contribution in [-0.2, 0) is 13.5 Å². The largest absolute Gasteiger partial charge is 0.313 e. The summed E-state index contributed by atoms with van der Waals surface area (Å²) < 4.78 is 2.84. The summed E-state index contributed by atoms with van der Waals surface area (Å²) in [6.07, 6.45) is 5.97. The molecule has 0 spiro atoms. The average Bonchev–Trinajstić information content (AvgIpc) is 2.75. The molecule has 0 saturated heterocycles. The Hall–Kier alpha value is -0.840. The molecule has 1 unspecified atom stereocenters. The van der Waals surface area contributed by atoms with Crippen LogP contribution in [0, 0.1) is 0 Å². The van der Waals surface area contributed by atoms with Crippen molar-refractivity contribution in [1.29, 1.82) is 0 Å². The van der Waals surface area contributed by atoms with Crippen molar-refractivity contribution < 1.29 is 0 Å². The Kier molecular flexibility index (Phi) is 5.02. The lowest BCUT2D eigenvalue weighted by Crippen LogP contribution is -2.17. The zero-order valence-electron chi connectivity index (χ0n) is 11.0. The Morgan fingerprint density at radius 3 is 2.79 bits per heavy atom. The van der Waals surface area contributed by atoms with Crippen LogP contribution in [0.2, 0.25) is 5.02 Å². The molecule has 2 aromatic rings. The minimum atomic E-state index is 0.287. The summed E-state index contributed by atoms with van der Waals surface area (Å²) in [4.78, 5) is 0. The van der Waals surface area contributed by atoms with Gasteiger partial charge in [0.25, 0.3) is 0 Å². The number of hydrogen-bond acceptors (Lipinski definition) is 2. The minimum absolute atomic E-state index is 0.287. The zero-order valence-corrected chi connectivity index (χ0v) is 13.4. The molecule has 5 heteroatoms. The Morgan fingerprint density at radius 2 is 2.21 bits per heavy atom. The number of nitrogens with one attached hydrogen (secondary N) is 1. The van der Waals surface area contributed by atoms with Gasteiger partial charge in [-0.3, -0.25) is 4.68 Å². The summed E-state index contributed by atoms with van der Waals surface area (Å²) >= 11 is 9.58. The summed E-state index contributed by atoms with van der Waals surface area (Å²) in [5.74, 6) is 0. The van der Waals surface area contributed by atoms with Gasteiger partial charge in [-0.2, -0.15) is 5.10 Å². The van der Waals surface area contributed by atoms with Crippen molar-refractivity contribution >= 4 is 27.5 Å². The van der Waals surface area contributed by atoms with Gasteiger partial charge in [-0.15, -0.1) is 0 Å². The lowest BCUT2D eigenvalue weighted by Gasteiger charge is -2.17. The Labute approximate surface area is 127 Å². The molecule has 0 bridgehead atoms. The van der Waals surface area contributed by atoms with E-state index >= 15 is 0 Å². The van der Waals surface area contributed by atoms with Gasteiger partial charge < -0.3 is 5.32 Å². The summed E-state index contributed by atoms with van der Waals surface area (Å²) in [5, 5.41) is 8.29. The molecular weight excluding hydrogens is 326 g/mol. The zero-order chi connectivity index (χ0) is 13.8. The summed E-state index contributed by atoms with van der Waals surface area (Å²) in [6, 6.07) is 6.31. The van der Waals surface area contributed by atoms with Crippen molar-refractivity contribution in [3.05, 3.63) is 51.2 Å². The first-order valence-corrected chi connectivity index (χ1v) is 7.36. The third-order valence-corrected chi connectivity index (χ3v) is 3.79. The SMILES string of the molecule is CNC(CCc1cnn(C)c1)c1cc(Cl)cc(Br)c1. The first-order chi connectivity index (χ1) is 9.08. The standard InChI is InChI=1S/C14H17BrClN3/c1-17-14(4-3-10-8-18-19(2)9-10)11-5-12(15)7-13(16)6-11/h5-9,14,17H,3-4H2,1-2H3. The fourth-order valence-corrected chi connectivity index (χ4v) is 3.05. The van der Waals surface area contributed by atoms with Crippen molar-refractivity contribution in [2.24, 2.45) is 7.05 Å². The van der Waals surface area contributed by atoms with E-state index in [1.165, 1.54) is 11.1 Å². The monoisotopic (exact) mass is 341 g/mol. The maximum absolute atomic E-state index is 6.10. The van der Waals surface area contributed by atoms with Crippen LogP contribution < -0.4 is 5.32 Å². The van der Waals surface area contributed by atoms with E-state index in [1.54, 1.807) is 0 Å². The van der Waals surface area contributed by atoms with Crippen molar-refractivity contribution in [2.45, 2.75) is 18.9 Å². The Morgan fingerprint density at radius 1 is 1.42 bits per heavy atom. The molecule has 1 atom stereocenters. The molecule has 0 fully saturated rings. The van der Waals surface area contributed by atoms with Crippen LogP contribution in [0.5, 0.6) is 0 Å². The van der Waals surface area contributed by atoms with E-state index in [2.05, 4.69) is 38.6 Å². The van der Waals surface area contributed by atoms with Gasteiger partial charge in [0.2, 0.25) is 0 Å². The number of nitrogens with zero attached hydrogens (tertiary/aromatic N) is 2. The molecular formula is C14H17BrClN3. The predicted molar refractivity (Wildman–Crippen MR) is 82.5 cm³/mol. The van der Waals surface area contributed by atoms with Gasteiger partial charge in [0.05, 0.1) is 6.20 Å². The normalized spacial score (nSPS) is 12.6. The molecule has 0 aliphatic carbocycles. The van der Waals surface area contributed by atoms with Gasteiger partial charge in [0.1, 0.15) is 0 Å². The number of hydrogen-bond donors (Lipinski definition) is 1. The second-order valence-corrected chi connectivity index (χ2v) is 5.96. The number of benzene rings is 1. The van der Waals surface area contributed by atoms with Crippen molar-refractivity contribution in [2.75, 3.05) is 7.05 Å². The molecule has 1 aromatic carbocycles. The Bertz CT molecular complexity index is 533. The van der Waals surface area contributed by atoms with E-state index in [0.717, 1.165) is 22.3 Å². The molecule has 0 saturated carbocycles. The van der Waals surface area contributed by atoms with Crippen LogP contribution in [0.25, 0.3) is 0 Å². The molecule has 0 aliphatic rings. The van der Waals surface area contributed by atoms with Crippen LogP contribution in [-0.4, -0.2) is 16.8 Å². The van der Waals surface area contributed by atoms with Crippen molar-refractivity contribution in [3.63, 3.8) is 0 Å². The van der Waals surface area contributed by atoms with E-state index in [0.29, 0.717) is 0 Å². The second kappa shape index (κ2) is 6.55. The van der Waals surface area contributed by atoms with E-state index in [9.17, 15) is 0 Å². The topological polar surface area (TPSA) is 29.9 Å². The molecule has 0 amide bonds. The number of aromatic nitrogens is 2. The van der Waals surface area contributed by atoms with E-state index < -0.39 is 0 Å². The lowest BCUT2D eigenvalue weighted by atomic mass is 10.0. The smallest absolute Gasteiger partial charge is 0.0521 e. The highest BCUT2D eigenvalue weighted by Gasteiger charge is 2.11. The molecule has 1 aromatic heterocycles. The number of aryl methyl sites for hydroxylation is 2. The Balaban J connectivity index is 2.07. The van der Waals surface area contributed by atoms with E-state index in [1.807, 2.05) is 37.1 Å². The fraction of sp³-hybridized carbons (Fsp3) is 0.357. The maximum atomic E-state index is 6.10. The van der Waals surface area contributed by atoms with Gasteiger partial charge in [-0.1, -0.05) is 27.5 Å². The first kappa shape index (κ1) is 14.6. The van der Waals surface area contributed by atoms with Gasteiger partial charge in [0.15, 0.2) is 0 Å². The highest BCUT2D eigenvalue weighted by Crippen LogP contribution is 2.26. The summed E-state index contributed by atoms with van der Waals surface area (Å²) in [5.41, 5.74) is 2.45. The van der Waals surface area contributed by atoms with Crippen LogP contribution >= 0.6 is 27.5 Å². The van der Waals surface area contributed by atoms with Crippen LogP contribution in [0.3, 0.4) is 0 Å². The van der Waals surface area contributed by atoms with Gasteiger partial charge in [-0.05, 0) is 49.2 Å². The van der Waals surface area contributed by atoms with Gasteiger partial charge >= 0.3 is 0 Å². The van der Waals surface area contributed by atoms with E-state index in [-0.39, 0.29) is 6.04 Å². The molecule has 102 valence electrons. The average molecular weight is 343 g/mol. The molecule has 3 nitrogen and oxygen atoms in total. The quantitative estimate of drug-likeness (QED) is 0.897. The van der Waals surface area contributed by atoms with Crippen LogP contribution in [0.4, 0.5) is 0 Å². The third kappa shape index (κ3) is 4.06. The lowest BCUT2D eigenvalue weighted by molar-refractivity contribution is 0.549. The number of halogens is 2. The minimum Gasteiger partial charge on any atom is -0.313 e. The van der Waals surface area contributed by atoms with Gasteiger partial charge in [-0.25, -0.2) is 0 Å². The molecule has 0 radical (unpaired) electrons. The van der Waals surface area contributed by atoms with Crippen LogP contribution in [0.15, 0.2) is 35.1 Å². The van der Waals surface area contributed by atoms with E-state index in [4.69, 9.17) is 11.6 Å². The second-order valence-electron chi connectivity index (χ2n) is 4.60. The highest BCUT2D eigenvalue weighted by molar-refractivity contribution is 9.10. The summed E-state index contributed by atoms with van der Waals surface area (Å²) in [7, 11) is 3.91. The maximum Gasteiger partial charge on any atom is 0.0521 e. The summed E-state index contributed by atoms with van der Waals surface area (Å²) in [6.45, 7) is 0. The number of rotatable bonds is 5. The van der Waals surface area contributed by atoms with Gasteiger partial charge in [0, 0.05) is 28.8 Å². The molecule has 0 aliphatic heterocycles. The van der Waals surface area contributed by atoms with Crippen LogP contribution in [0.1, 0.15) is 23.6 Å². The molecule has 19 heavy (non-hydrogen) atoms. The third-order valence-electron chi connectivity index (χ3n) is 3.12. The molecule has 1 heterocycles. The predicted octanol–water partition coefficient (Wildman–Crippen LogP) is 3.73. The van der Waals surface area contributed by atoms with Crippen molar-refractivity contribution in [1.82, 2.24) is 15.1 Å². The molecule has 2 rings (SSSR count). The fourth-order valence-electron chi connectivity index (χ4n) is 2.17. The molecule has 1 N–H and O–H groups in total. The highest BCUT2D eigenvalue weighted by atomic mass is 79.9.